The van der Waals surface area contributed by atoms with Crippen molar-refractivity contribution in [2.24, 2.45) is 20.4 Å². The maximum atomic E-state index is 12.1. The zero-order valence-corrected chi connectivity index (χ0v) is 26.0. The molecule has 2 heterocycles. The molecule has 0 atom stereocenters. The van der Waals surface area contributed by atoms with E-state index in [1.165, 1.54) is 0 Å². The van der Waals surface area contributed by atoms with Gasteiger partial charge in [0.05, 0.1) is 11.4 Å². The minimum atomic E-state index is -0.380. The quantitative estimate of drug-likeness (QED) is 0.0956. The van der Waals surface area contributed by atoms with E-state index >= 15 is 0 Å². The molecule has 0 fully saturated rings. The second kappa shape index (κ2) is 18.1. The van der Waals surface area contributed by atoms with Crippen molar-refractivity contribution < 1.29 is 26.7 Å². The van der Waals surface area contributed by atoms with E-state index in [2.05, 4.69) is 30.4 Å². The molecule has 6 aromatic rings. The van der Waals surface area contributed by atoms with Gasteiger partial charge in [0, 0.05) is 35.3 Å². The first-order valence-electron chi connectivity index (χ1n) is 14.4. The molecule has 0 N–H and O–H groups in total. The largest absolute Gasteiger partial charge is 2.00 e. The Kier molecular flexibility index (Phi) is 13.0. The first kappa shape index (κ1) is 33.8. The molecule has 0 bridgehead atoms. The van der Waals surface area contributed by atoms with Crippen LogP contribution in [0, 0.1) is 0 Å². The summed E-state index contributed by atoms with van der Waals surface area (Å²) in [5.41, 5.74) is 5.19. The normalized spacial score (nSPS) is 11.9. The Morgan fingerprint density at radius 1 is 0.362 bits per heavy atom. The standard InChI is InChI=1S/2C19H15N3O.Ni/c2*23-19(16-11-5-2-6-12-16)22-21-18(15-9-3-1-4-10-15)17-13-7-8-14-20-17;/h2*1-14H,(H,22,23);/q;;+2/p-2/b2*21-18+;. The summed E-state index contributed by atoms with van der Waals surface area (Å²) in [5.74, 6) is -0.759. The maximum absolute atomic E-state index is 12.1. The molecule has 2 aromatic heterocycles. The van der Waals surface area contributed by atoms with Gasteiger partial charge >= 0.3 is 16.5 Å². The minimum Gasteiger partial charge on any atom is -0.857 e. The Morgan fingerprint density at radius 2 is 0.660 bits per heavy atom. The van der Waals surface area contributed by atoms with Crippen molar-refractivity contribution in [3.8, 4) is 0 Å². The maximum Gasteiger partial charge on any atom is 2.00 e. The van der Waals surface area contributed by atoms with Crippen molar-refractivity contribution in [3.63, 3.8) is 0 Å². The number of rotatable bonds is 8. The van der Waals surface area contributed by atoms with Crippen LogP contribution in [0.2, 0.25) is 0 Å². The van der Waals surface area contributed by atoms with Gasteiger partial charge in [0.15, 0.2) is 0 Å². The minimum absolute atomic E-state index is 0. The average Bonchev–Trinajstić information content (AvgIpc) is 3.14. The molecule has 6 rings (SSSR count). The van der Waals surface area contributed by atoms with E-state index in [9.17, 15) is 10.2 Å². The predicted octanol–water partition coefficient (Wildman–Crippen LogP) is 5.28. The van der Waals surface area contributed by atoms with Crippen LogP contribution in [0.5, 0.6) is 0 Å². The number of nitrogens with zero attached hydrogens (tertiary/aromatic N) is 6. The molecule has 232 valence electrons. The van der Waals surface area contributed by atoms with E-state index < -0.39 is 0 Å². The average molecular weight is 659 g/mol. The Bertz CT molecular complexity index is 1690. The number of hydrogen-bond acceptors (Lipinski definition) is 8. The summed E-state index contributed by atoms with van der Waals surface area (Å²) in [6, 6.07) is 48.0. The van der Waals surface area contributed by atoms with Gasteiger partial charge in [-0.2, -0.15) is 10.2 Å². The van der Waals surface area contributed by atoms with Crippen LogP contribution in [-0.4, -0.2) is 33.2 Å². The van der Waals surface area contributed by atoms with Crippen LogP contribution in [0.3, 0.4) is 0 Å². The van der Waals surface area contributed by atoms with Crippen molar-refractivity contribution in [2.45, 2.75) is 0 Å². The number of pyridine rings is 2. The third-order valence-corrected chi connectivity index (χ3v) is 6.43. The molecule has 0 saturated carbocycles. The second-order valence-electron chi connectivity index (χ2n) is 9.60. The molecule has 8 nitrogen and oxygen atoms in total. The summed E-state index contributed by atoms with van der Waals surface area (Å²) in [4.78, 5) is 8.61. The molecule has 4 aromatic carbocycles. The Hall–Kier alpha value is -6.05. The van der Waals surface area contributed by atoms with E-state index in [-0.39, 0.29) is 28.3 Å². The number of aromatic nitrogens is 2. The van der Waals surface area contributed by atoms with E-state index in [0.29, 0.717) is 33.9 Å². The molecular weight excluding hydrogens is 631 g/mol. The van der Waals surface area contributed by atoms with Gasteiger partial charge in [-0.25, -0.2) is 0 Å². The third-order valence-electron chi connectivity index (χ3n) is 6.43. The van der Waals surface area contributed by atoms with Gasteiger partial charge in [0.25, 0.3) is 0 Å². The molecule has 0 aliphatic rings. The van der Waals surface area contributed by atoms with E-state index in [4.69, 9.17) is 0 Å². The topological polar surface area (TPSA) is 121 Å². The summed E-state index contributed by atoms with van der Waals surface area (Å²) >= 11 is 0. The molecule has 0 radical (unpaired) electrons. The molecule has 47 heavy (non-hydrogen) atoms. The predicted molar refractivity (Wildman–Crippen MR) is 179 cm³/mol. The van der Waals surface area contributed by atoms with Gasteiger partial charge in [-0.15, -0.1) is 10.2 Å². The smallest absolute Gasteiger partial charge is 0.857 e. The third kappa shape index (κ3) is 9.98. The van der Waals surface area contributed by atoms with Crippen LogP contribution in [0.15, 0.2) is 191 Å². The number of benzene rings is 4. The Labute approximate surface area is 283 Å². The zero-order chi connectivity index (χ0) is 31.8. The summed E-state index contributed by atoms with van der Waals surface area (Å²) < 4.78 is 0. The van der Waals surface area contributed by atoms with E-state index in [0.717, 1.165) is 11.1 Å². The first-order chi connectivity index (χ1) is 22.7. The van der Waals surface area contributed by atoms with E-state index in [1.54, 1.807) is 60.9 Å². The fourth-order valence-electron chi connectivity index (χ4n) is 4.18. The van der Waals surface area contributed by atoms with Gasteiger partial charge in [0.2, 0.25) is 0 Å². The van der Waals surface area contributed by atoms with Crippen LogP contribution >= 0.6 is 0 Å². The van der Waals surface area contributed by atoms with Crippen LogP contribution in [0.1, 0.15) is 33.6 Å². The van der Waals surface area contributed by atoms with Crippen molar-refractivity contribution in [2.75, 3.05) is 0 Å². The fraction of sp³-hybridized carbons (Fsp3) is 0. The molecule has 9 heteroatoms. The summed E-state index contributed by atoms with van der Waals surface area (Å²) in [6.07, 6.45) is 3.37. The Balaban J connectivity index is 0.000000208. The molecule has 0 saturated heterocycles. The first-order valence-corrected chi connectivity index (χ1v) is 14.4. The molecule has 0 spiro atoms. The van der Waals surface area contributed by atoms with Crippen LogP contribution in [0.4, 0.5) is 0 Å². The van der Waals surface area contributed by atoms with Crippen LogP contribution in [0.25, 0.3) is 0 Å². The molecule has 0 amide bonds. The van der Waals surface area contributed by atoms with E-state index in [1.807, 2.05) is 109 Å². The molecule has 0 aliphatic heterocycles. The SMILES string of the molecule is [Ni+2].[O-]/C(=N\N=C(/c1ccccc1)c1ccccn1)c1ccccc1.[O-]/C(=N\N=C(/c1ccccc1)c1ccccn1)c1ccccc1. The Morgan fingerprint density at radius 3 is 0.957 bits per heavy atom. The molecular formula is C38H28N6NiO2. The van der Waals surface area contributed by atoms with Gasteiger partial charge in [-0.3, -0.25) is 9.97 Å². The summed E-state index contributed by atoms with van der Waals surface area (Å²) in [6.45, 7) is 0. The van der Waals surface area contributed by atoms with Crippen LogP contribution < -0.4 is 10.2 Å². The zero-order valence-electron chi connectivity index (χ0n) is 25.0. The molecule has 0 unspecified atom stereocenters. The van der Waals surface area contributed by atoms with Gasteiger partial charge in [0.1, 0.15) is 11.4 Å². The van der Waals surface area contributed by atoms with Crippen LogP contribution in [-0.2, 0) is 16.5 Å². The van der Waals surface area contributed by atoms with Gasteiger partial charge in [-0.1, -0.05) is 133 Å². The summed E-state index contributed by atoms with van der Waals surface area (Å²) in [5, 5.41) is 40.3. The van der Waals surface area contributed by atoms with Crippen molar-refractivity contribution >= 4 is 23.2 Å². The number of hydrogen-bond donors (Lipinski definition) is 0. The van der Waals surface area contributed by atoms with Crippen molar-refractivity contribution in [3.05, 3.63) is 204 Å². The van der Waals surface area contributed by atoms with Gasteiger partial charge < -0.3 is 10.2 Å². The summed E-state index contributed by atoms with van der Waals surface area (Å²) in [7, 11) is 0. The van der Waals surface area contributed by atoms with Gasteiger partial charge in [-0.05, 0) is 35.4 Å². The second-order valence-corrected chi connectivity index (χ2v) is 9.60. The van der Waals surface area contributed by atoms with Crippen molar-refractivity contribution in [1.29, 1.82) is 0 Å². The fourth-order valence-corrected chi connectivity index (χ4v) is 4.18. The van der Waals surface area contributed by atoms with Crippen molar-refractivity contribution in [1.82, 2.24) is 9.97 Å². The molecule has 0 aliphatic carbocycles. The monoisotopic (exact) mass is 658 g/mol.